The highest BCUT2D eigenvalue weighted by molar-refractivity contribution is 5.97. The molecule has 1 atom stereocenters. The average Bonchev–Trinajstić information content (AvgIpc) is 2.92. The van der Waals surface area contributed by atoms with Gasteiger partial charge in [0.25, 0.3) is 5.91 Å². The number of allylic oxidation sites excluding steroid dienone is 1. The molecular weight excluding hydrogens is 466 g/mol. The van der Waals surface area contributed by atoms with Gasteiger partial charge in [-0.1, -0.05) is 18.2 Å². The molecule has 0 aliphatic carbocycles. The normalized spacial score (nSPS) is 14.6. The summed E-state index contributed by atoms with van der Waals surface area (Å²) in [5.41, 5.74) is 5.33. The van der Waals surface area contributed by atoms with E-state index in [0.717, 1.165) is 60.7 Å². The maximum atomic E-state index is 13.5. The quantitative estimate of drug-likeness (QED) is 0.387. The monoisotopic (exact) mass is 507 g/mol. The molecule has 1 aromatic heterocycles. The van der Waals surface area contributed by atoms with Gasteiger partial charge in [-0.25, -0.2) is 4.98 Å². The number of amides is 1. The Bertz CT molecular complexity index is 1080. The van der Waals surface area contributed by atoms with E-state index in [2.05, 4.69) is 41.3 Å². The van der Waals surface area contributed by atoms with E-state index >= 15 is 0 Å². The van der Waals surface area contributed by atoms with Crippen LogP contribution in [0.25, 0.3) is 0 Å². The summed E-state index contributed by atoms with van der Waals surface area (Å²) in [6.07, 6.45) is 6.47. The Balaban J connectivity index is 1.88. The number of anilines is 1. The number of methoxy groups -OCH3 is 1. The van der Waals surface area contributed by atoms with Crippen molar-refractivity contribution in [3.05, 3.63) is 77.5 Å². The summed E-state index contributed by atoms with van der Waals surface area (Å²) in [7, 11) is 1.58. The smallest absolute Gasteiger partial charge is 0.251 e. The molecule has 7 heteroatoms. The van der Waals surface area contributed by atoms with Gasteiger partial charge in [0.05, 0.1) is 13.2 Å². The third-order valence-corrected chi connectivity index (χ3v) is 6.93. The number of aromatic nitrogens is 1. The van der Waals surface area contributed by atoms with Crippen molar-refractivity contribution in [3.8, 4) is 5.88 Å². The summed E-state index contributed by atoms with van der Waals surface area (Å²) in [4.78, 5) is 20.5. The third-order valence-electron chi connectivity index (χ3n) is 6.93. The maximum absolute atomic E-state index is 13.5. The molecule has 1 aliphatic heterocycles. The topological polar surface area (TPSA) is 83.9 Å². The third kappa shape index (κ3) is 7.21. The molecule has 1 aliphatic rings. The van der Waals surface area contributed by atoms with Gasteiger partial charge in [0, 0.05) is 54.9 Å². The number of ether oxygens (including phenoxy) is 2. The summed E-state index contributed by atoms with van der Waals surface area (Å²) in [6, 6.07) is 8.30. The first-order valence-electron chi connectivity index (χ1n) is 13.1. The second-order valence-corrected chi connectivity index (χ2v) is 9.36. The summed E-state index contributed by atoms with van der Waals surface area (Å²) >= 11 is 0. The van der Waals surface area contributed by atoms with Crippen LogP contribution < -0.4 is 15.0 Å². The summed E-state index contributed by atoms with van der Waals surface area (Å²) in [6.45, 7) is 14.3. The summed E-state index contributed by atoms with van der Waals surface area (Å²) < 4.78 is 11.1. The molecule has 2 N–H and O–H groups in total. The fraction of sp³-hybridized carbons (Fsp3) is 0.467. The number of nitrogens with one attached hydrogen (secondary N) is 1. The number of carbonyl (C=O) groups excluding carboxylic acids is 1. The predicted octanol–water partition coefficient (Wildman–Crippen LogP) is 4.54. The molecule has 1 aromatic carbocycles. The van der Waals surface area contributed by atoms with Crippen molar-refractivity contribution < 1.29 is 19.4 Å². The minimum Gasteiger partial charge on any atom is -0.481 e. The first-order valence-corrected chi connectivity index (χ1v) is 13.1. The second-order valence-electron chi connectivity index (χ2n) is 9.36. The number of aryl methyl sites for hydroxylation is 2. The highest BCUT2D eigenvalue weighted by Crippen LogP contribution is 2.30. The standard InChI is InChI=1S/C30H41N3O4/c1-6-10-25-26(11-9-12-28(25)33(8-3)23-15-17-37-18-16-23)29(35)31-20-27-22(13-14-24(34)7-2)19-21(4)32-30(27)36-5/h6-7,9,11-12,19,23-24,34H,1-2,8,10,13-18,20H2,3-5H3,(H,31,35). The van der Waals surface area contributed by atoms with Crippen LogP contribution in [-0.4, -0.2) is 55.0 Å². The molecule has 1 fully saturated rings. The fourth-order valence-corrected chi connectivity index (χ4v) is 5.04. The van der Waals surface area contributed by atoms with Crippen LogP contribution in [0, 0.1) is 6.92 Å². The van der Waals surface area contributed by atoms with E-state index in [1.807, 2.05) is 31.2 Å². The van der Waals surface area contributed by atoms with E-state index in [1.54, 1.807) is 7.11 Å². The molecule has 0 spiro atoms. The summed E-state index contributed by atoms with van der Waals surface area (Å²) in [5.74, 6) is 0.335. The van der Waals surface area contributed by atoms with Gasteiger partial charge in [-0.2, -0.15) is 0 Å². The van der Waals surface area contributed by atoms with E-state index < -0.39 is 6.10 Å². The van der Waals surface area contributed by atoms with E-state index in [4.69, 9.17) is 9.47 Å². The molecule has 2 aromatic rings. The highest BCUT2D eigenvalue weighted by atomic mass is 16.5. The van der Waals surface area contributed by atoms with Crippen LogP contribution in [0.15, 0.2) is 49.6 Å². The van der Waals surface area contributed by atoms with Gasteiger partial charge in [0.1, 0.15) is 0 Å². The zero-order chi connectivity index (χ0) is 26.8. The van der Waals surface area contributed by atoms with Crippen molar-refractivity contribution in [2.75, 3.05) is 31.8 Å². The summed E-state index contributed by atoms with van der Waals surface area (Å²) in [5, 5.41) is 13.1. The molecule has 1 unspecified atom stereocenters. The number of hydrogen-bond donors (Lipinski definition) is 2. The predicted molar refractivity (Wildman–Crippen MR) is 148 cm³/mol. The van der Waals surface area contributed by atoms with Crippen molar-refractivity contribution in [1.29, 1.82) is 0 Å². The molecule has 2 heterocycles. The number of pyridine rings is 1. The molecule has 7 nitrogen and oxygen atoms in total. The van der Waals surface area contributed by atoms with Crippen LogP contribution in [0.2, 0.25) is 0 Å². The van der Waals surface area contributed by atoms with E-state index in [-0.39, 0.29) is 12.5 Å². The molecule has 37 heavy (non-hydrogen) atoms. The zero-order valence-electron chi connectivity index (χ0n) is 22.5. The maximum Gasteiger partial charge on any atom is 0.251 e. The molecule has 3 rings (SSSR count). The molecule has 200 valence electrons. The molecular formula is C30H41N3O4. The van der Waals surface area contributed by atoms with Crippen molar-refractivity contribution in [3.63, 3.8) is 0 Å². The second kappa shape index (κ2) is 14.0. The number of nitrogens with zero attached hydrogens (tertiary/aromatic N) is 2. The largest absolute Gasteiger partial charge is 0.481 e. The van der Waals surface area contributed by atoms with Crippen LogP contribution in [-0.2, 0) is 24.1 Å². The highest BCUT2D eigenvalue weighted by Gasteiger charge is 2.25. The van der Waals surface area contributed by atoms with E-state index in [1.165, 1.54) is 6.08 Å². The molecule has 0 bridgehead atoms. The van der Waals surface area contributed by atoms with E-state index in [0.29, 0.717) is 36.7 Å². The lowest BCUT2D eigenvalue weighted by molar-refractivity contribution is 0.0845. The lowest BCUT2D eigenvalue weighted by Gasteiger charge is -2.37. The fourth-order valence-electron chi connectivity index (χ4n) is 5.04. The van der Waals surface area contributed by atoms with Gasteiger partial charge in [-0.15, -0.1) is 13.2 Å². The van der Waals surface area contributed by atoms with Crippen LogP contribution >= 0.6 is 0 Å². The Morgan fingerprint density at radius 1 is 1.32 bits per heavy atom. The Hall–Kier alpha value is -3.16. The number of carbonyl (C=O) groups is 1. The van der Waals surface area contributed by atoms with Gasteiger partial charge in [-0.3, -0.25) is 4.79 Å². The first kappa shape index (κ1) is 28.4. The molecule has 0 radical (unpaired) electrons. The Morgan fingerprint density at radius 3 is 2.73 bits per heavy atom. The minimum absolute atomic E-state index is 0.151. The lowest BCUT2D eigenvalue weighted by atomic mass is 9.97. The van der Waals surface area contributed by atoms with Crippen LogP contribution in [0.1, 0.15) is 58.9 Å². The Kier molecular flexibility index (Phi) is 10.7. The Morgan fingerprint density at radius 2 is 2.08 bits per heavy atom. The van der Waals surface area contributed by atoms with Crippen molar-refractivity contribution in [2.24, 2.45) is 0 Å². The first-order chi connectivity index (χ1) is 17.9. The van der Waals surface area contributed by atoms with Crippen LogP contribution in [0.3, 0.4) is 0 Å². The average molecular weight is 508 g/mol. The van der Waals surface area contributed by atoms with Gasteiger partial charge in [-0.05, 0) is 75.3 Å². The number of hydrogen-bond acceptors (Lipinski definition) is 6. The van der Waals surface area contributed by atoms with E-state index in [9.17, 15) is 9.90 Å². The van der Waals surface area contributed by atoms with Gasteiger partial charge in [0.15, 0.2) is 0 Å². The molecule has 1 amide bonds. The minimum atomic E-state index is -0.594. The van der Waals surface area contributed by atoms with Gasteiger partial charge >= 0.3 is 0 Å². The van der Waals surface area contributed by atoms with Crippen LogP contribution in [0.4, 0.5) is 5.69 Å². The zero-order valence-corrected chi connectivity index (χ0v) is 22.5. The van der Waals surface area contributed by atoms with Crippen molar-refractivity contribution in [1.82, 2.24) is 10.3 Å². The number of aliphatic hydroxyl groups is 1. The number of rotatable bonds is 13. The Labute approximate surface area is 221 Å². The molecule has 0 saturated carbocycles. The van der Waals surface area contributed by atoms with Crippen molar-refractivity contribution in [2.45, 2.75) is 64.6 Å². The number of benzene rings is 1. The van der Waals surface area contributed by atoms with Gasteiger partial charge in [0.2, 0.25) is 5.88 Å². The number of aliphatic hydroxyl groups excluding tert-OH is 1. The van der Waals surface area contributed by atoms with Crippen molar-refractivity contribution >= 4 is 11.6 Å². The lowest BCUT2D eigenvalue weighted by Crippen LogP contribution is -2.40. The van der Waals surface area contributed by atoms with Gasteiger partial charge < -0.3 is 24.8 Å². The molecule has 1 saturated heterocycles. The van der Waals surface area contributed by atoms with Crippen LogP contribution in [0.5, 0.6) is 5.88 Å². The SMILES string of the molecule is C=CCc1c(C(=O)NCc2c(CCC(O)C=C)cc(C)nc2OC)cccc1N(CC)C1CCOCC1.